The number of aryl methyl sites for hydroxylation is 2. The van der Waals surface area contributed by atoms with Gasteiger partial charge in [0.1, 0.15) is 11.5 Å². The number of rotatable bonds is 5. The van der Waals surface area contributed by atoms with Gasteiger partial charge in [0.15, 0.2) is 11.5 Å². The van der Waals surface area contributed by atoms with Gasteiger partial charge >= 0.3 is 0 Å². The fourth-order valence-electron chi connectivity index (χ4n) is 6.38. The van der Waals surface area contributed by atoms with Gasteiger partial charge in [-0.1, -0.05) is 30.3 Å². The average molecular weight is 700 g/mol. The summed E-state index contributed by atoms with van der Waals surface area (Å²) in [6.45, 7) is 7.90. The molecule has 6 rings (SSSR count). The summed E-state index contributed by atoms with van der Waals surface area (Å²) in [5, 5.41) is 16.9. The smallest absolute Gasteiger partial charge is 0.242 e. The van der Waals surface area contributed by atoms with E-state index in [2.05, 4.69) is 6.58 Å². The van der Waals surface area contributed by atoms with E-state index in [-0.39, 0.29) is 17.6 Å². The Labute approximate surface area is 260 Å². The van der Waals surface area contributed by atoms with Gasteiger partial charge < -0.3 is 9.84 Å². The average Bonchev–Trinajstić information content (AvgIpc) is 3.54. The number of phenolic OH excluding ortho intramolecular Hbond substituents is 1. The minimum atomic E-state index is -1.09. The standard InChI is InChI=1S/C31H27ClIN3O4S/c1-6-16-7-9-20-29(38)36(30(39)31(20,3)26(16)17-11-21(33)27(37)23(12-17)40-5)25-14-22(34-35(25)4)28-15(2)19-13-18(32)8-10-24(19)41-28/h6-8,10-14,20,26,37H,1,9H2,2-5H3/t20-,26+,31+/m0/s1. The summed E-state index contributed by atoms with van der Waals surface area (Å²) in [6, 6.07) is 11.2. The maximum atomic E-state index is 14.5. The molecule has 2 aliphatic rings. The highest BCUT2D eigenvalue weighted by Gasteiger charge is 2.62. The second-order valence-corrected chi connectivity index (χ2v) is 13.3. The minimum absolute atomic E-state index is 0.0372. The molecule has 210 valence electrons. The molecular weight excluding hydrogens is 673 g/mol. The van der Waals surface area contributed by atoms with Crippen LogP contribution >= 0.6 is 45.5 Å². The number of methoxy groups -OCH3 is 1. The number of phenols is 1. The third-order valence-corrected chi connectivity index (χ3v) is 10.8. The first-order valence-corrected chi connectivity index (χ1v) is 15.3. The number of hydrogen-bond acceptors (Lipinski definition) is 6. The molecule has 3 atom stereocenters. The second-order valence-electron chi connectivity index (χ2n) is 10.7. The summed E-state index contributed by atoms with van der Waals surface area (Å²) >= 11 is 9.90. The number of hydrogen-bond donors (Lipinski definition) is 1. The lowest BCUT2D eigenvalue weighted by atomic mass is 9.60. The Balaban J connectivity index is 1.46. The fourth-order valence-corrected chi connectivity index (χ4v) is 8.32. The number of thiophene rings is 1. The van der Waals surface area contributed by atoms with Crippen LogP contribution in [0.3, 0.4) is 0 Å². The van der Waals surface area contributed by atoms with Gasteiger partial charge in [-0.25, -0.2) is 4.90 Å². The number of carbonyl (C=O) groups excluding carboxylic acids is 2. The number of nitrogens with zero attached hydrogens (tertiary/aromatic N) is 3. The zero-order chi connectivity index (χ0) is 29.4. The first-order valence-electron chi connectivity index (χ1n) is 13.0. The fraction of sp³-hybridized carbons (Fsp3) is 0.258. The van der Waals surface area contributed by atoms with Gasteiger partial charge in [0.2, 0.25) is 11.8 Å². The third kappa shape index (κ3) is 4.07. The van der Waals surface area contributed by atoms with Gasteiger partial charge in [-0.2, -0.15) is 5.10 Å². The molecule has 0 radical (unpaired) electrons. The Morgan fingerprint density at radius 2 is 2.02 bits per heavy atom. The molecule has 1 N–H and O–H groups in total. The number of amides is 2. The van der Waals surface area contributed by atoms with Crippen LogP contribution in [0.5, 0.6) is 11.5 Å². The van der Waals surface area contributed by atoms with E-state index in [9.17, 15) is 14.7 Å². The van der Waals surface area contributed by atoms with E-state index in [0.717, 1.165) is 31.7 Å². The molecule has 4 aromatic rings. The zero-order valence-electron chi connectivity index (χ0n) is 22.9. The van der Waals surface area contributed by atoms with Crippen LogP contribution in [-0.2, 0) is 16.6 Å². The van der Waals surface area contributed by atoms with Crippen LogP contribution in [0.25, 0.3) is 20.7 Å². The van der Waals surface area contributed by atoms with Crippen molar-refractivity contribution in [3.63, 3.8) is 0 Å². The molecule has 0 bridgehead atoms. The molecule has 2 aromatic carbocycles. The van der Waals surface area contributed by atoms with Crippen LogP contribution in [0.15, 0.2) is 60.7 Å². The molecule has 41 heavy (non-hydrogen) atoms. The normalized spacial score (nSPS) is 22.3. The lowest BCUT2D eigenvalue weighted by Crippen LogP contribution is -2.42. The van der Waals surface area contributed by atoms with Crippen molar-refractivity contribution in [1.82, 2.24) is 9.78 Å². The van der Waals surface area contributed by atoms with Gasteiger partial charge in [-0.15, -0.1) is 11.3 Å². The molecule has 0 saturated carbocycles. The SMILES string of the molecule is C=CC1=CC[C@H]2C(=O)N(c3cc(-c4sc5ccc(Cl)cc5c4C)nn3C)C(=O)[C@@]2(C)[C@H]1c1cc(I)c(O)c(OC)c1. The van der Waals surface area contributed by atoms with Crippen LogP contribution in [0.4, 0.5) is 5.82 Å². The first-order chi connectivity index (χ1) is 19.5. The van der Waals surface area contributed by atoms with E-state index in [4.69, 9.17) is 21.4 Å². The molecule has 1 saturated heterocycles. The number of carbonyl (C=O) groups is 2. The number of halogens is 2. The number of benzene rings is 2. The quantitative estimate of drug-likeness (QED) is 0.174. The van der Waals surface area contributed by atoms with Crippen molar-refractivity contribution in [3.8, 4) is 22.1 Å². The summed E-state index contributed by atoms with van der Waals surface area (Å²) in [6.07, 6.45) is 4.16. The number of ether oxygens (including phenoxy) is 1. The largest absolute Gasteiger partial charge is 0.504 e. The number of anilines is 1. The molecule has 1 aliphatic heterocycles. The molecule has 7 nitrogen and oxygen atoms in total. The Morgan fingerprint density at radius 3 is 2.73 bits per heavy atom. The summed E-state index contributed by atoms with van der Waals surface area (Å²) in [5.41, 5.74) is 2.29. The first kappa shape index (κ1) is 28.0. The zero-order valence-corrected chi connectivity index (χ0v) is 26.6. The third-order valence-electron chi connectivity index (χ3n) is 8.48. The van der Waals surface area contributed by atoms with Crippen LogP contribution in [-0.4, -0.2) is 33.8 Å². The van der Waals surface area contributed by atoms with Gasteiger partial charge in [0.05, 0.1) is 26.9 Å². The Bertz CT molecular complexity index is 1830. The molecule has 2 aromatic heterocycles. The van der Waals surface area contributed by atoms with E-state index in [1.807, 2.05) is 72.8 Å². The lowest BCUT2D eigenvalue weighted by molar-refractivity contribution is -0.127. The predicted molar refractivity (Wildman–Crippen MR) is 171 cm³/mol. The van der Waals surface area contributed by atoms with Crippen molar-refractivity contribution < 1.29 is 19.4 Å². The summed E-state index contributed by atoms with van der Waals surface area (Å²) in [4.78, 5) is 30.8. The maximum Gasteiger partial charge on any atom is 0.242 e. The molecule has 2 amide bonds. The Morgan fingerprint density at radius 1 is 1.27 bits per heavy atom. The van der Waals surface area contributed by atoms with E-state index in [1.165, 1.54) is 12.0 Å². The van der Waals surface area contributed by atoms with Crippen molar-refractivity contribution in [1.29, 1.82) is 0 Å². The van der Waals surface area contributed by atoms with Crippen molar-refractivity contribution in [3.05, 3.63) is 80.4 Å². The highest BCUT2D eigenvalue weighted by Crippen LogP contribution is 2.57. The van der Waals surface area contributed by atoms with Gasteiger partial charge in [-0.05, 0) is 95.3 Å². The number of aromatic nitrogens is 2. The van der Waals surface area contributed by atoms with Crippen molar-refractivity contribution >= 4 is 73.2 Å². The van der Waals surface area contributed by atoms with E-state index in [0.29, 0.717) is 32.3 Å². The second kappa shape index (κ2) is 9.99. The molecule has 3 heterocycles. The van der Waals surface area contributed by atoms with Crippen molar-refractivity contribution in [2.24, 2.45) is 18.4 Å². The highest BCUT2D eigenvalue weighted by molar-refractivity contribution is 14.1. The van der Waals surface area contributed by atoms with Crippen molar-refractivity contribution in [2.45, 2.75) is 26.2 Å². The molecule has 0 unspecified atom stereocenters. The monoisotopic (exact) mass is 699 g/mol. The molecule has 1 aliphatic carbocycles. The van der Waals surface area contributed by atoms with E-state index in [1.54, 1.807) is 35.2 Å². The number of fused-ring (bicyclic) bond motifs is 2. The molecular formula is C31H27ClIN3O4S. The van der Waals surface area contributed by atoms with Crippen LogP contribution in [0.2, 0.25) is 5.02 Å². The summed E-state index contributed by atoms with van der Waals surface area (Å²) in [5.74, 6) is -0.810. The minimum Gasteiger partial charge on any atom is -0.504 e. The Hall–Kier alpha value is -3.15. The van der Waals surface area contributed by atoms with Crippen LogP contribution < -0.4 is 9.64 Å². The van der Waals surface area contributed by atoms with Crippen LogP contribution in [0.1, 0.15) is 30.4 Å². The number of allylic oxidation sites excluding steroid dienone is 3. The van der Waals surface area contributed by atoms with E-state index < -0.39 is 17.3 Å². The molecule has 0 spiro atoms. The molecule has 1 fully saturated rings. The van der Waals surface area contributed by atoms with Gasteiger partial charge in [-0.3, -0.25) is 14.3 Å². The summed E-state index contributed by atoms with van der Waals surface area (Å²) in [7, 11) is 3.24. The predicted octanol–water partition coefficient (Wildman–Crippen LogP) is 7.38. The number of imide groups is 1. The summed E-state index contributed by atoms with van der Waals surface area (Å²) < 4.78 is 8.71. The van der Waals surface area contributed by atoms with Gasteiger partial charge in [0, 0.05) is 28.8 Å². The highest BCUT2D eigenvalue weighted by atomic mass is 127. The Kier molecular flexibility index (Phi) is 6.82. The van der Waals surface area contributed by atoms with Gasteiger partial charge in [0.25, 0.3) is 0 Å². The van der Waals surface area contributed by atoms with Crippen molar-refractivity contribution in [2.75, 3.05) is 12.0 Å². The van der Waals surface area contributed by atoms with Crippen LogP contribution in [0, 0.1) is 21.8 Å². The van der Waals surface area contributed by atoms with E-state index >= 15 is 0 Å². The maximum absolute atomic E-state index is 14.5. The lowest BCUT2D eigenvalue weighted by Gasteiger charge is -2.40. The topological polar surface area (TPSA) is 84.7 Å². The number of aromatic hydroxyl groups is 1. The molecule has 10 heteroatoms.